The van der Waals surface area contributed by atoms with Gasteiger partial charge in [0.15, 0.2) is 0 Å². The third kappa shape index (κ3) is 4.76. The van der Waals surface area contributed by atoms with Crippen molar-refractivity contribution in [2.45, 2.75) is 102 Å². The van der Waals surface area contributed by atoms with E-state index < -0.39 is 0 Å². The van der Waals surface area contributed by atoms with Gasteiger partial charge in [0.2, 0.25) is 0 Å². The Labute approximate surface area is 129 Å². The fourth-order valence-corrected chi connectivity index (χ4v) is 5.90. The topological polar surface area (TPSA) is 0 Å². The van der Waals surface area contributed by atoms with Gasteiger partial charge in [-0.25, -0.2) is 0 Å². The van der Waals surface area contributed by atoms with Crippen molar-refractivity contribution in [3.63, 3.8) is 0 Å². The number of rotatable bonds is 6. The van der Waals surface area contributed by atoms with Crippen LogP contribution in [0, 0.1) is 0 Å². The molecule has 0 aromatic heterocycles. The molecule has 0 spiro atoms. The first-order valence-electron chi connectivity index (χ1n) is 9.19. The van der Waals surface area contributed by atoms with Gasteiger partial charge in [-0.15, -0.1) is 7.92 Å². The van der Waals surface area contributed by atoms with Crippen LogP contribution in [0.25, 0.3) is 0 Å². The summed E-state index contributed by atoms with van der Waals surface area (Å²) < 4.78 is 0. The summed E-state index contributed by atoms with van der Waals surface area (Å²) in [6, 6.07) is 0. The van der Waals surface area contributed by atoms with Crippen molar-refractivity contribution in [2.24, 2.45) is 0 Å². The van der Waals surface area contributed by atoms with Gasteiger partial charge in [-0.1, -0.05) is 90.1 Å². The Morgan fingerprint density at radius 2 is 1.45 bits per heavy atom. The number of unbranched alkanes of at least 4 members (excludes halogenated alkanes) is 2. The lowest BCUT2D eigenvalue weighted by atomic mass is 9.26. The molecule has 0 aromatic carbocycles. The Kier molecular flexibility index (Phi) is 6.46. The van der Waals surface area contributed by atoms with Crippen LogP contribution in [0.15, 0.2) is 0 Å². The van der Waals surface area contributed by atoms with Crippen LogP contribution in [0.1, 0.15) is 78.6 Å². The molecule has 2 fully saturated rings. The van der Waals surface area contributed by atoms with E-state index in [0.29, 0.717) is 5.16 Å². The normalized spacial score (nSPS) is 28.5. The lowest BCUT2D eigenvalue weighted by Gasteiger charge is -2.40. The zero-order chi connectivity index (χ0) is 14.6. The summed E-state index contributed by atoms with van der Waals surface area (Å²) in [5, 5.41) is 0.565. The third-order valence-corrected chi connectivity index (χ3v) is 9.46. The van der Waals surface area contributed by atoms with Crippen molar-refractivity contribution < 1.29 is 0 Å². The van der Waals surface area contributed by atoms with Gasteiger partial charge in [-0.05, 0) is 24.4 Å². The van der Waals surface area contributed by atoms with Gasteiger partial charge >= 0.3 is 0 Å². The second kappa shape index (κ2) is 7.67. The molecule has 2 aliphatic rings. The van der Waals surface area contributed by atoms with Gasteiger partial charge < -0.3 is 0 Å². The molecule has 1 unspecified atom stereocenters. The minimum atomic E-state index is 0.238. The van der Waals surface area contributed by atoms with Gasteiger partial charge in [-0.2, -0.15) is 0 Å². The molecule has 2 heteroatoms. The molecule has 2 heterocycles. The zero-order valence-corrected chi connectivity index (χ0v) is 15.4. The molecule has 2 bridgehead atoms. The summed E-state index contributed by atoms with van der Waals surface area (Å²) in [7, 11) is 0.238. The molecule has 2 saturated heterocycles. The minimum absolute atomic E-state index is 0.238. The van der Waals surface area contributed by atoms with Crippen LogP contribution >= 0.6 is 7.92 Å². The smallest absolute Gasteiger partial charge is 0.104 e. The highest BCUT2D eigenvalue weighted by atomic mass is 31.1. The molecular formula is C18H36BP. The standard InChI is InChI=1S/C18H36BP/c1-18(2,3)20(4)15-7-5-6-14-19-16-10-8-11-17(19)13-9-12-16/h16-17H,5-15H2,1-4H3. The number of hydrogen-bond donors (Lipinski definition) is 0. The molecule has 20 heavy (non-hydrogen) atoms. The van der Waals surface area contributed by atoms with Gasteiger partial charge in [0.25, 0.3) is 0 Å². The molecular weight excluding hydrogens is 258 g/mol. The van der Waals surface area contributed by atoms with E-state index in [1.807, 2.05) is 0 Å². The van der Waals surface area contributed by atoms with E-state index >= 15 is 0 Å². The lowest BCUT2D eigenvalue weighted by molar-refractivity contribution is 0.440. The van der Waals surface area contributed by atoms with Gasteiger partial charge in [0, 0.05) is 0 Å². The van der Waals surface area contributed by atoms with Crippen molar-refractivity contribution in [1.29, 1.82) is 0 Å². The maximum Gasteiger partial charge on any atom is 0.146 e. The van der Waals surface area contributed by atoms with Crippen molar-refractivity contribution in [2.75, 3.05) is 12.8 Å². The zero-order valence-electron chi connectivity index (χ0n) is 14.5. The fourth-order valence-electron chi connectivity index (χ4n) is 4.53. The van der Waals surface area contributed by atoms with Gasteiger partial charge in [0.1, 0.15) is 6.71 Å². The van der Waals surface area contributed by atoms with Crippen LogP contribution in [-0.4, -0.2) is 24.7 Å². The number of hydrogen-bond acceptors (Lipinski definition) is 0. The second-order valence-electron chi connectivity index (χ2n) is 8.49. The highest BCUT2D eigenvalue weighted by Crippen LogP contribution is 2.49. The summed E-state index contributed by atoms with van der Waals surface area (Å²) in [6.07, 6.45) is 16.9. The highest BCUT2D eigenvalue weighted by Gasteiger charge is 2.38. The third-order valence-electron chi connectivity index (χ3n) is 6.19. The second-order valence-corrected chi connectivity index (χ2v) is 11.7. The Morgan fingerprint density at radius 1 is 0.900 bits per heavy atom. The summed E-state index contributed by atoms with van der Waals surface area (Å²) in [5.41, 5.74) is 0. The maximum absolute atomic E-state index is 2.50. The Morgan fingerprint density at radius 3 is 1.95 bits per heavy atom. The predicted molar refractivity (Wildman–Crippen MR) is 97.1 cm³/mol. The monoisotopic (exact) mass is 294 g/mol. The van der Waals surface area contributed by atoms with Crippen molar-refractivity contribution in [1.82, 2.24) is 0 Å². The molecule has 2 aliphatic heterocycles. The first-order chi connectivity index (χ1) is 9.48. The van der Waals surface area contributed by atoms with Crippen LogP contribution < -0.4 is 0 Å². The lowest BCUT2D eigenvalue weighted by Crippen LogP contribution is -2.34. The summed E-state index contributed by atoms with van der Waals surface area (Å²) >= 11 is 0. The molecule has 0 N–H and O–H groups in total. The largest absolute Gasteiger partial charge is 0.146 e. The molecule has 0 aromatic rings. The van der Waals surface area contributed by atoms with E-state index in [1.54, 1.807) is 32.0 Å². The fraction of sp³-hybridized carbons (Fsp3) is 1.00. The summed E-state index contributed by atoms with van der Waals surface area (Å²) in [6.45, 7) is 10.9. The van der Waals surface area contributed by atoms with Crippen LogP contribution in [0.2, 0.25) is 18.0 Å². The molecule has 2 rings (SSSR count). The van der Waals surface area contributed by atoms with Crippen LogP contribution in [-0.2, 0) is 0 Å². The maximum atomic E-state index is 2.50. The van der Waals surface area contributed by atoms with E-state index in [1.165, 1.54) is 38.3 Å². The average Bonchev–Trinajstić information content (AvgIpc) is 2.36. The SMILES string of the molecule is CP(CCCCCB1C2CCCC1CCC2)C(C)(C)C. The van der Waals surface area contributed by atoms with E-state index in [0.717, 1.165) is 18.3 Å². The average molecular weight is 294 g/mol. The van der Waals surface area contributed by atoms with E-state index in [4.69, 9.17) is 0 Å². The van der Waals surface area contributed by atoms with Gasteiger partial charge in [0.05, 0.1) is 0 Å². The first kappa shape index (κ1) is 16.9. The Bertz CT molecular complexity index is 262. The van der Waals surface area contributed by atoms with E-state index in [9.17, 15) is 0 Å². The van der Waals surface area contributed by atoms with Crippen molar-refractivity contribution in [3.05, 3.63) is 0 Å². The molecule has 0 radical (unpaired) electrons. The molecule has 0 amide bonds. The first-order valence-corrected chi connectivity index (χ1v) is 11.2. The van der Waals surface area contributed by atoms with Crippen LogP contribution in [0.3, 0.4) is 0 Å². The molecule has 0 saturated carbocycles. The molecule has 116 valence electrons. The quantitative estimate of drug-likeness (QED) is 0.291. The molecule has 0 nitrogen and oxygen atoms in total. The Hall–Kier alpha value is 0.495. The van der Waals surface area contributed by atoms with Crippen LogP contribution in [0.5, 0.6) is 0 Å². The van der Waals surface area contributed by atoms with Crippen molar-refractivity contribution in [3.8, 4) is 0 Å². The highest BCUT2D eigenvalue weighted by molar-refractivity contribution is 7.58. The predicted octanol–water partition coefficient (Wildman–Crippen LogP) is 6.67. The molecule has 0 aliphatic carbocycles. The van der Waals surface area contributed by atoms with E-state index in [2.05, 4.69) is 27.4 Å². The van der Waals surface area contributed by atoms with E-state index in [-0.39, 0.29) is 7.92 Å². The van der Waals surface area contributed by atoms with Gasteiger partial charge in [-0.3, -0.25) is 0 Å². The summed E-state index contributed by atoms with van der Waals surface area (Å²) in [4.78, 5) is 0. The summed E-state index contributed by atoms with van der Waals surface area (Å²) in [5.74, 6) is 2.25. The van der Waals surface area contributed by atoms with Crippen LogP contribution in [0.4, 0.5) is 0 Å². The van der Waals surface area contributed by atoms with Crippen molar-refractivity contribution >= 4 is 14.6 Å². The molecule has 1 atom stereocenters. The Balaban J connectivity index is 1.61. The minimum Gasteiger partial charge on any atom is -0.104 e. The number of fused-ring (bicyclic) bond motifs is 2.